The number of carbonyl (C=O) groups excluding carboxylic acids is 3. The van der Waals surface area contributed by atoms with Gasteiger partial charge in [0, 0.05) is 11.3 Å². The van der Waals surface area contributed by atoms with Crippen LogP contribution in [0.5, 0.6) is 0 Å². The Kier molecular flexibility index (Phi) is 3.98. The molecule has 1 aromatic rings. The normalized spacial score (nSPS) is 11.6. The first-order chi connectivity index (χ1) is 7.99. The maximum absolute atomic E-state index is 12.0. The molecule has 0 aromatic heterocycles. The molecule has 17 heavy (non-hydrogen) atoms. The fourth-order valence-electron chi connectivity index (χ4n) is 1.45. The summed E-state index contributed by atoms with van der Waals surface area (Å²) >= 11 is 0. The van der Waals surface area contributed by atoms with E-state index in [0.29, 0.717) is 0 Å². The predicted molar refractivity (Wildman–Crippen MR) is 61.4 cm³/mol. The average Bonchev–Trinajstić information content (AvgIpc) is 2.28. The Morgan fingerprint density at radius 2 is 1.82 bits per heavy atom. The van der Waals surface area contributed by atoms with Crippen LogP contribution >= 0.6 is 0 Å². The third-order valence-corrected chi connectivity index (χ3v) is 2.33. The highest BCUT2D eigenvalue weighted by molar-refractivity contribution is 6.23. The second kappa shape index (κ2) is 5.25. The number of ketones is 2. The third kappa shape index (κ3) is 2.69. The predicted octanol–water partition coefficient (Wildman–Crippen LogP) is 0.830. The number of nitrogen functional groups attached to an aromatic ring is 1. The Morgan fingerprint density at radius 3 is 2.29 bits per heavy atom. The summed E-state index contributed by atoms with van der Waals surface area (Å²) in [7, 11) is 1.12. The number of benzene rings is 1. The number of ether oxygens (including phenoxy) is 1. The van der Waals surface area contributed by atoms with Crippen LogP contribution in [0.1, 0.15) is 17.3 Å². The van der Waals surface area contributed by atoms with Crippen molar-refractivity contribution in [1.82, 2.24) is 0 Å². The molecule has 5 heteroatoms. The molecule has 1 rings (SSSR count). The number of anilines is 1. The largest absolute Gasteiger partial charge is 0.468 e. The summed E-state index contributed by atoms with van der Waals surface area (Å²) in [5, 5.41) is 0. The van der Waals surface area contributed by atoms with Crippen LogP contribution in [0.25, 0.3) is 0 Å². The molecule has 2 N–H and O–H groups in total. The highest BCUT2D eigenvalue weighted by atomic mass is 16.5. The van der Waals surface area contributed by atoms with E-state index in [1.807, 2.05) is 0 Å². The van der Waals surface area contributed by atoms with Crippen LogP contribution in [0.15, 0.2) is 24.3 Å². The monoisotopic (exact) mass is 235 g/mol. The molecule has 1 atom stereocenters. The smallest absolute Gasteiger partial charge is 0.324 e. The zero-order valence-corrected chi connectivity index (χ0v) is 9.60. The minimum absolute atomic E-state index is 0.151. The van der Waals surface area contributed by atoms with Gasteiger partial charge in [0.2, 0.25) is 0 Å². The lowest BCUT2D eigenvalue weighted by Crippen LogP contribution is -2.31. The quantitative estimate of drug-likeness (QED) is 0.361. The van der Waals surface area contributed by atoms with Gasteiger partial charge in [-0.1, -0.05) is 12.1 Å². The van der Waals surface area contributed by atoms with Gasteiger partial charge in [0.1, 0.15) is 0 Å². The van der Waals surface area contributed by atoms with E-state index >= 15 is 0 Å². The van der Waals surface area contributed by atoms with Gasteiger partial charge in [-0.15, -0.1) is 0 Å². The van der Waals surface area contributed by atoms with Crippen LogP contribution < -0.4 is 5.73 Å². The SMILES string of the molecule is COC(=O)C(C(C)=O)C(=O)c1ccccc1N. The van der Waals surface area contributed by atoms with E-state index in [4.69, 9.17) is 5.73 Å². The first kappa shape index (κ1) is 12.9. The molecule has 0 aliphatic heterocycles. The van der Waals surface area contributed by atoms with Crippen LogP contribution in [0.2, 0.25) is 0 Å². The van der Waals surface area contributed by atoms with E-state index in [-0.39, 0.29) is 11.3 Å². The maximum Gasteiger partial charge on any atom is 0.324 e. The highest BCUT2D eigenvalue weighted by Gasteiger charge is 2.33. The van der Waals surface area contributed by atoms with Gasteiger partial charge < -0.3 is 10.5 Å². The average molecular weight is 235 g/mol. The van der Waals surface area contributed by atoms with Gasteiger partial charge in [0.15, 0.2) is 17.5 Å². The number of methoxy groups -OCH3 is 1. The summed E-state index contributed by atoms with van der Waals surface area (Å²) in [6.07, 6.45) is 0. The lowest BCUT2D eigenvalue weighted by atomic mass is 9.93. The van der Waals surface area contributed by atoms with Crippen LogP contribution in [-0.4, -0.2) is 24.6 Å². The van der Waals surface area contributed by atoms with Crippen LogP contribution in [0, 0.1) is 5.92 Å². The summed E-state index contributed by atoms with van der Waals surface area (Å²) in [6, 6.07) is 6.27. The van der Waals surface area contributed by atoms with Gasteiger partial charge in [-0.25, -0.2) is 0 Å². The summed E-state index contributed by atoms with van der Waals surface area (Å²) in [4.78, 5) is 34.7. The summed E-state index contributed by atoms with van der Waals surface area (Å²) in [5.41, 5.74) is 6.00. The van der Waals surface area contributed by atoms with E-state index in [0.717, 1.165) is 7.11 Å². The Hall–Kier alpha value is -2.17. The molecule has 1 aromatic carbocycles. The Bertz CT molecular complexity index is 467. The fraction of sp³-hybridized carbons (Fsp3) is 0.250. The van der Waals surface area contributed by atoms with E-state index < -0.39 is 23.5 Å². The molecule has 90 valence electrons. The number of nitrogens with two attached hydrogens (primary N) is 1. The van der Waals surface area contributed by atoms with Crippen LogP contribution in [0.4, 0.5) is 5.69 Å². The van der Waals surface area contributed by atoms with E-state index in [2.05, 4.69) is 4.74 Å². The fourth-order valence-corrected chi connectivity index (χ4v) is 1.45. The minimum atomic E-state index is -1.44. The molecule has 0 aliphatic carbocycles. The molecule has 0 spiro atoms. The first-order valence-electron chi connectivity index (χ1n) is 4.96. The molecule has 5 nitrogen and oxygen atoms in total. The molecule has 0 saturated carbocycles. The number of hydrogen-bond acceptors (Lipinski definition) is 5. The zero-order valence-electron chi connectivity index (χ0n) is 9.60. The van der Waals surface area contributed by atoms with Crippen molar-refractivity contribution in [3.63, 3.8) is 0 Å². The second-order valence-electron chi connectivity index (χ2n) is 3.52. The van der Waals surface area contributed by atoms with Crippen molar-refractivity contribution >= 4 is 23.2 Å². The molecule has 0 saturated heterocycles. The second-order valence-corrected chi connectivity index (χ2v) is 3.52. The lowest BCUT2D eigenvalue weighted by molar-refractivity contribution is -0.146. The Balaban J connectivity index is 3.14. The van der Waals surface area contributed by atoms with Crippen molar-refractivity contribution in [2.45, 2.75) is 6.92 Å². The molecule has 0 heterocycles. The molecule has 0 aliphatic rings. The molecule has 0 amide bonds. The number of carbonyl (C=O) groups is 3. The lowest BCUT2D eigenvalue weighted by Gasteiger charge is -2.11. The van der Waals surface area contributed by atoms with Crippen molar-refractivity contribution in [1.29, 1.82) is 0 Å². The Labute approximate surface area is 98.6 Å². The summed E-state index contributed by atoms with van der Waals surface area (Å²) < 4.78 is 4.43. The maximum atomic E-state index is 12.0. The number of esters is 1. The number of para-hydroxylation sites is 1. The molecular weight excluding hydrogens is 222 g/mol. The molecule has 0 bridgehead atoms. The van der Waals surface area contributed by atoms with Gasteiger partial charge in [-0.05, 0) is 19.1 Å². The van der Waals surface area contributed by atoms with Gasteiger partial charge in [0.05, 0.1) is 7.11 Å². The van der Waals surface area contributed by atoms with E-state index in [1.165, 1.54) is 19.1 Å². The van der Waals surface area contributed by atoms with E-state index in [9.17, 15) is 14.4 Å². The topological polar surface area (TPSA) is 86.5 Å². The summed E-state index contributed by atoms with van der Waals surface area (Å²) in [6.45, 7) is 1.17. The van der Waals surface area contributed by atoms with Crippen molar-refractivity contribution in [3.8, 4) is 0 Å². The van der Waals surface area contributed by atoms with Crippen molar-refractivity contribution < 1.29 is 19.1 Å². The Morgan fingerprint density at radius 1 is 1.24 bits per heavy atom. The molecule has 0 radical (unpaired) electrons. The van der Waals surface area contributed by atoms with Gasteiger partial charge in [0.25, 0.3) is 0 Å². The zero-order chi connectivity index (χ0) is 13.0. The van der Waals surface area contributed by atoms with Crippen molar-refractivity contribution in [3.05, 3.63) is 29.8 Å². The first-order valence-corrected chi connectivity index (χ1v) is 4.96. The standard InChI is InChI=1S/C12H13NO4/c1-7(14)10(12(16)17-2)11(15)8-5-3-4-6-9(8)13/h3-6,10H,13H2,1-2H3. The van der Waals surface area contributed by atoms with Gasteiger partial charge in [-0.2, -0.15) is 0 Å². The molecule has 0 fully saturated rings. The highest BCUT2D eigenvalue weighted by Crippen LogP contribution is 2.17. The van der Waals surface area contributed by atoms with Gasteiger partial charge in [-0.3, -0.25) is 14.4 Å². The van der Waals surface area contributed by atoms with Crippen molar-refractivity contribution in [2.24, 2.45) is 5.92 Å². The number of rotatable bonds is 4. The molecular formula is C12H13NO4. The van der Waals surface area contributed by atoms with Crippen LogP contribution in [0.3, 0.4) is 0 Å². The van der Waals surface area contributed by atoms with Crippen molar-refractivity contribution in [2.75, 3.05) is 12.8 Å². The summed E-state index contributed by atoms with van der Waals surface area (Å²) in [5.74, 6) is -3.51. The minimum Gasteiger partial charge on any atom is -0.468 e. The van der Waals surface area contributed by atoms with E-state index in [1.54, 1.807) is 12.1 Å². The van der Waals surface area contributed by atoms with Gasteiger partial charge >= 0.3 is 5.97 Å². The third-order valence-electron chi connectivity index (χ3n) is 2.33. The number of hydrogen-bond donors (Lipinski definition) is 1. The molecule has 1 unspecified atom stereocenters. The van der Waals surface area contributed by atoms with Crippen LogP contribution in [-0.2, 0) is 14.3 Å². The number of Topliss-reactive ketones (excluding diaryl/α,β-unsaturated/α-hetero) is 2.